The van der Waals surface area contributed by atoms with Crippen molar-refractivity contribution in [3.8, 4) is 23.0 Å². The van der Waals surface area contributed by atoms with Gasteiger partial charge in [-0.3, -0.25) is 4.99 Å². The van der Waals surface area contributed by atoms with Crippen LogP contribution in [0.4, 0.5) is 28.4 Å². The molecule has 0 heterocycles. The quantitative estimate of drug-likeness (QED) is 0.0175. The Kier molecular flexibility index (Phi) is 19.8. The van der Waals surface area contributed by atoms with Crippen molar-refractivity contribution in [1.29, 1.82) is 0 Å². The SMILES string of the molecule is CCCCCCCCOc1ccc(N=Nc2ccc(C(=O)Oc3ccc(N=Cc4cccc(OC(=O)c5ccc(N=Nc6ccc(OCCCCCCCC)cc6)cc5)c4)cc3)cc2)cc1. The van der Waals surface area contributed by atoms with Gasteiger partial charge in [-0.25, -0.2) is 9.59 Å². The number of carbonyl (C=O) groups is 2. The summed E-state index contributed by atoms with van der Waals surface area (Å²) in [6.07, 6.45) is 16.4. The van der Waals surface area contributed by atoms with Gasteiger partial charge in [0.05, 0.1) is 52.8 Å². The summed E-state index contributed by atoms with van der Waals surface area (Å²) < 4.78 is 22.9. The first-order valence-electron chi connectivity index (χ1n) is 23.1. The van der Waals surface area contributed by atoms with Gasteiger partial charge in [0.15, 0.2) is 0 Å². The Balaban J connectivity index is 0.907. The van der Waals surface area contributed by atoms with E-state index in [1.54, 1.807) is 97.2 Å². The van der Waals surface area contributed by atoms with Crippen molar-refractivity contribution in [2.75, 3.05) is 13.2 Å². The van der Waals surface area contributed by atoms with Gasteiger partial charge in [-0.05, 0) is 152 Å². The van der Waals surface area contributed by atoms with Gasteiger partial charge in [-0.15, -0.1) is 0 Å². The summed E-state index contributed by atoms with van der Waals surface area (Å²) in [5, 5.41) is 17.2. The Labute approximate surface area is 388 Å². The van der Waals surface area contributed by atoms with Crippen LogP contribution in [0.3, 0.4) is 0 Å². The molecule has 6 aromatic rings. The Hall–Kier alpha value is -7.27. The lowest BCUT2D eigenvalue weighted by Crippen LogP contribution is -2.08. The van der Waals surface area contributed by atoms with Gasteiger partial charge in [0.1, 0.15) is 23.0 Å². The van der Waals surface area contributed by atoms with Crippen LogP contribution in [0.5, 0.6) is 23.0 Å². The number of ether oxygens (including phenoxy) is 4. The zero-order valence-electron chi connectivity index (χ0n) is 38.0. The highest BCUT2D eigenvalue weighted by atomic mass is 16.5. The van der Waals surface area contributed by atoms with Crippen LogP contribution in [0, 0.1) is 0 Å². The largest absolute Gasteiger partial charge is 0.494 e. The standard InChI is InChI=1S/C55H59N5O6/c1-3-5-7-9-11-13-38-63-50-32-28-48(29-33-50)59-57-46-22-18-43(19-23-46)54(61)65-52-36-26-45(27-37-52)56-41-42-16-15-17-53(40-42)66-55(62)44-20-24-47(25-21-44)58-60-49-30-34-51(35-31-49)64-39-14-12-10-8-6-4-2/h15-37,40-41H,3-14,38-39H2,1-2H3. The predicted molar refractivity (Wildman–Crippen MR) is 262 cm³/mol. The van der Waals surface area contributed by atoms with Crippen molar-refractivity contribution in [3.05, 3.63) is 162 Å². The lowest BCUT2D eigenvalue weighted by atomic mass is 10.1. The minimum Gasteiger partial charge on any atom is -0.494 e. The smallest absolute Gasteiger partial charge is 0.343 e. The molecule has 0 spiro atoms. The Morgan fingerprint density at radius 3 is 1.24 bits per heavy atom. The van der Waals surface area contributed by atoms with Crippen molar-refractivity contribution in [1.82, 2.24) is 0 Å². The van der Waals surface area contributed by atoms with Crippen molar-refractivity contribution in [2.24, 2.45) is 25.4 Å². The molecule has 0 aliphatic rings. The maximum absolute atomic E-state index is 13.0. The Morgan fingerprint density at radius 1 is 0.409 bits per heavy atom. The van der Waals surface area contributed by atoms with Crippen molar-refractivity contribution >= 4 is 46.6 Å². The second-order valence-corrected chi connectivity index (χ2v) is 15.8. The zero-order chi connectivity index (χ0) is 46.0. The number of hydrogen-bond donors (Lipinski definition) is 0. The minimum absolute atomic E-state index is 0.375. The summed E-state index contributed by atoms with van der Waals surface area (Å²) in [7, 11) is 0. The fourth-order valence-electron chi connectivity index (χ4n) is 6.66. The molecule has 0 saturated carbocycles. The summed E-state index contributed by atoms with van der Waals surface area (Å²) in [6, 6.07) is 42.4. The van der Waals surface area contributed by atoms with Crippen molar-refractivity contribution < 1.29 is 28.5 Å². The van der Waals surface area contributed by atoms with E-state index in [0.29, 0.717) is 64.3 Å². The molecule has 0 aliphatic carbocycles. The third kappa shape index (κ3) is 17.0. The number of unbranched alkanes of at least 4 members (excludes halogenated alkanes) is 10. The first-order valence-corrected chi connectivity index (χ1v) is 23.1. The van der Waals surface area contributed by atoms with Gasteiger partial charge in [0, 0.05) is 6.21 Å². The fraction of sp³-hybridized carbons (Fsp3) is 0.291. The summed E-state index contributed by atoms with van der Waals surface area (Å²) in [5.41, 5.74) is 4.74. The maximum atomic E-state index is 13.0. The van der Waals surface area contributed by atoms with Gasteiger partial charge < -0.3 is 18.9 Å². The second-order valence-electron chi connectivity index (χ2n) is 15.8. The monoisotopic (exact) mass is 885 g/mol. The van der Waals surface area contributed by atoms with E-state index in [2.05, 4.69) is 39.3 Å². The van der Waals surface area contributed by atoms with Gasteiger partial charge in [0.25, 0.3) is 0 Å². The van der Waals surface area contributed by atoms with E-state index >= 15 is 0 Å². The summed E-state index contributed by atoms with van der Waals surface area (Å²) in [6.45, 7) is 5.87. The molecular weight excluding hydrogens is 827 g/mol. The van der Waals surface area contributed by atoms with E-state index in [1.165, 1.54) is 64.2 Å². The van der Waals surface area contributed by atoms with E-state index in [4.69, 9.17) is 18.9 Å². The third-order valence-corrected chi connectivity index (χ3v) is 10.5. The first-order chi connectivity index (χ1) is 32.4. The average molecular weight is 886 g/mol. The number of rotatable bonds is 26. The molecule has 0 amide bonds. The van der Waals surface area contributed by atoms with Crippen LogP contribution in [-0.4, -0.2) is 31.4 Å². The van der Waals surface area contributed by atoms with Crippen molar-refractivity contribution in [2.45, 2.75) is 90.9 Å². The lowest BCUT2D eigenvalue weighted by molar-refractivity contribution is 0.0725. The molecule has 6 aromatic carbocycles. The van der Waals surface area contributed by atoms with E-state index in [-0.39, 0.29) is 0 Å². The molecule has 0 unspecified atom stereocenters. The van der Waals surface area contributed by atoms with Gasteiger partial charge in [0.2, 0.25) is 0 Å². The van der Waals surface area contributed by atoms with Crippen LogP contribution in [0.2, 0.25) is 0 Å². The van der Waals surface area contributed by atoms with Crippen LogP contribution in [-0.2, 0) is 0 Å². The molecule has 0 saturated heterocycles. The molecule has 66 heavy (non-hydrogen) atoms. The number of hydrogen-bond acceptors (Lipinski definition) is 11. The highest BCUT2D eigenvalue weighted by molar-refractivity contribution is 5.92. The Morgan fingerprint density at radius 2 is 0.788 bits per heavy atom. The van der Waals surface area contributed by atoms with Gasteiger partial charge in [-0.1, -0.05) is 90.2 Å². The van der Waals surface area contributed by atoms with Crippen LogP contribution < -0.4 is 18.9 Å². The molecule has 11 nitrogen and oxygen atoms in total. The normalized spacial score (nSPS) is 11.4. The maximum Gasteiger partial charge on any atom is 0.343 e. The van der Waals surface area contributed by atoms with E-state index < -0.39 is 11.9 Å². The minimum atomic E-state index is -0.503. The number of benzene rings is 6. The highest BCUT2D eigenvalue weighted by Gasteiger charge is 2.11. The Bertz CT molecular complexity index is 2470. The van der Waals surface area contributed by atoms with E-state index in [9.17, 15) is 9.59 Å². The highest BCUT2D eigenvalue weighted by Crippen LogP contribution is 2.26. The molecule has 0 bridgehead atoms. The molecular formula is C55H59N5O6. The predicted octanol–water partition coefficient (Wildman–Crippen LogP) is 16.2. The number of carbonyl (C=O) groups excluding carboxylic acids is 2. The average Bonchev–Trinajstić information content (AvgIpc) is 3.35. The van der Waals surface area contributed by atoms with Crippen molar-refractivity contribution in [3.63, 3.8) is 0 Å². The van der Waals surface area contributed by atoms with E-state index in [1.807, 2.05) is 54.6 Å². The molecule has 0 atom stereocenters. The molecule has 0 fully saturated rings. The second kappa shape index (κ2) is 27.1. The van der Waals surface area contributed by atoms with E-state index in [0.717, 1.165) is 29.9 Å². The fourth-order valence-corrected chi connectivity index (χ4v) is 6.66. The van der Waals surface area contributed by atoms with Crippen LogP contribution >= 0.6 is 0 Å². The van der Waals surface area contributed by atoms with Crippen LogP contribution in [0.1, 0.15) is 117 Å². The van der Waals surface area contributed by atoms with Gasteiger partial charge >= 0.3 is 11.9 Å². The number of nitrogens with zero attached hydrogens (tertiary/aromatic N) is 5. The molecule has 0 radical (unpaired) electrons. The summed E-state index contributed by atoms with van der Waals surface area (Å²) in [5.74, 6) is 1.38. The lowest BCUT2D eigenvalue weighted by Gasteiger charge is -2.06. The molecule has 11 heteroatoms. The summed E-state index contributed by atoms with van der Waals surface area (Å²) >= 11 is 0. The van der Waals surface area contributed by atoms with Gasteiger partial charge in [-0.2, -0.15) is 20.5 Å². The molecule has 340 valence electrons. The van der Waals surface area contributed by atoms with Crippen LogP contribution in [0.15, 0.2) is 171 Å². The zero-order valence-corrected chi connectivity index (χ0v) is 38.0. The molecule has 6 rings (SSSR count). The molecule has 0 aliphatic heterocycles. The third-order valence-electron chi connectivity index (χ3n) is 10.5. The number of esters is 2. The number of aliphatic imine (C=N–C) groups is 1. The first kappa shape index (κ1) is 48.2. The van der Waals surface area contributed by atoms with Crippen LogP contribution in [0.25, 0.3) is 0 Å². The number of azo groups is 2. The topological polar surface area (TPSA) is 133 Å². The molecule has 0 N–H and O–H groups in total. The molecule has 0 aromatic heterocycles. The summed E-state index contributed by atoms with van der Waals surface area (Å²) in [4.78, 5) is 30.4.